The van der Waals surface area contributed by atoms with E-state index in [9.17, 15) is 4.79 Å². The molecule has 1 aliphatic rings. The van der Waals surface area contributed by atoms with Crippen LogP contribution in [-0.2, 0) is 11.3 Å². The smallest absolute Gasteiger partial charge is 0.243 e. The lowest BCUT2D eigenvalue weighted by Crippen LogP contribution is -2.33. The van der Waals surface area contributed by atoms with Gasteiger partial charge in [0.2, 0.25) is 5.91 Å². The summed E-state index contributed by atoms with van der Waals surface area (Å²) in [5.41, 5.74) is 11.0. The van der Waals surface area contributed by atoms with Crippen molar-refractivity contribution in [3.05, 3.63) is 77.4 Å². The molecule has 1 fully saturated rings. The Morgan fingerprint density at radius 1 is 1.21 bits per heavy atom. The van der Waals surface area contributed by atoms with Crippen LogP contribution in [0.15, 0.2) is 54.9 Å². The molecule has 1 aliphatic heterocycles. The van der Waals surface area contributed by atoms with Crippen molar-refractivity contribution in [1.29, 1.82) is 5.41 Å². The van der Waals surface area contributed by atoms with Crippen LogP contribution >= 0.6 is 0 Å². The zero-order chi connectivity index (χ0) is 23.2. The van der Waals surface area contributed by atoms with Crippen molar-refractivity contribution in [3.63, 3.8) is 0 Å². The van der Waals surface area contributed by atoms with Crippen LogP contribution in [0.25, 0.3) is 0 Å². The fourth-order valence-corrected chi connectivity index (χ4v) is 4.20. The summed E-state index contributed by atoms with van der Waals surface area (Å²) < 4.78 is 0. The molecular formula is C25H31N7O. The number of amides is 1. The summed E-state index contributed by atoms with van der Waals surface area (Å²) in [5, 5.41) is 14.2. The van der Waals surface area contributed by atoms with Gasteiger partial charge in [-0.25, -0.2) is 4.98 Å². The fourth-order valence-electron chi connectivity index (χ4n) is 4.20. The summed E-state index contributed by atoms with van der Waals surface area (Å²) in [6.45, 7) is 4.66. The Balaban J connectivity index is 1.47. The quantitative estimate of drug-likeness (QED) is 0.269. The number of nitrogens with zero attached hydrogens (tertiary/aromatic N) is 2. The Kier molecular flexibility index (Phi) is 7.04. The second kappa shape index (κ2) is 10.3. The number of rotatable bonds is 8. The lowest BCUT2D eigenvalue weighted by atomic mass is 9.90. The first-order valence-electron chi connectivity index (χ1n) is 11.3. The van der Waals surface area contributed by atoms with Crippen molar-refractivity contribution in [1.82, 2.24) is 15.3 Å². The minimum absolute atomic E-state index is 0.00830. The molecule has 0 saturated carbocycles. The Bertz CT molecular complexity index is 1100. The SMILES string of the molecule is Cc1[nH]cnc1CN(CC(=O)Nc1ccc(C2CCNCC2)cc1)c1cccc(C(=N)N)c1. The molecule has 0 radical (unpaired) electrons. The number of anilines is 2. The maximum atomic E-state index is 13.0. The molecule has 33 heavy (non-hydrogen) atoms. The highest BCUT2D eigenvalue weighted by Crippen LogP contribution is 2.26. The molecular weight excluding hydrogens is 414 g/mol. The lowest BCUT2D eigenvalue weighted by molar-refractivity contribution is -0.115. The van der Waals surface area contributed by atoms with Gasteiger partial charge in [-0.1, -0.05) is 24.3 Å². The van der Waals surface area contributed by atoms with E-state index in [1.807, 2.05) is 42.2 Å². The number of carbonyl (C=O) groups excluding carboxylic acids is 1. The lowest BCUT2D eigenvalue weighted by Gasteiger charge is -2.25. The minimum atomic E-state index is -0.119. The van der Waals surface area contributed by atoms with Crippen LogP contribution < -0.4 is 21.3 Å². The van der Waals surface area contributed by atoms with Gasteiger partial charge in [0.05, 0.1) is 25.1 Å². The van der Waals surface area contributed by atoms with E-state index < -0.39 is 0 Å². The van der Waals surface area contributed by atoms with Gasteiger partial charge in [-0.3, -0.25) is 10.2 Å². The second-order valence-corrected chi connectivity index (χ2v) is 8.49. The van der Waals surface area contributed by atoms with Gasteiger partial charge in [0.25, 0.3) is 0 Å². The molecule has 2 aromatic carbocycles. The van der Waals surface area contributed by atoms with Crippen LogP contribution in [0.4, 0.5) is 11.4 Å². The van der Waals surface area contributed by atoms with Crippen LogP contribution in [-0.4, -0.2) is 41.3 Å². The van der Waals surface area contributed by atoms with Crippen molar-refractivity contribution < 1.29 is 4.79 Å². The number of nitrogens with two attached hydrogens (primary N) is 1. The zero-order valence-corrected chi connectivity index (χ0v) is 18.9. The molecule has 0 bridgehead atoms. The van der Waals surface area contributed by atoms with Crippen molar-refractivity contribution in [3.8, 4) is 0 Å². The maximum absolute atomic E-state index is 13.0. The van der Waals surface area contributed by atoms with E-state index in [1.165, 1.54) is 5.56 Å². The third-order valence-corrected chi connectivity index (χ3v) is 6.14. The van der Waals surface area contributed by atoms with E-state index in [-0.39, 0.29) is 18.3 Å². The van der Waals surface area contributed by atoms with Gasteiger partial charge < -0.3 is 26.3 Å². The summed E-state index contributed by atoms with van der Waals surface area (Å²) >= 11 is 0. The number of nitrogens with one attached hydrogen (secondary N) is 4. The van der Waals surface area contributed by atoms with Gasteiger partial charge in [-0.2, -0.15) is 0 Å². The van der Waals surface area contributed by atoms with Crippen molar-refractivity contribution in [2.75, 3.05) is 29.9 Å². The molecule has 8 heteroatoms. The number of amidine groups is 1. The van der Waals surface area contributed by atoms with Gasteiger partial charge in [-0.05, 0) is 68.6 Å². The van der Waals surface area contributed by atoms with Crippen molar-refractivity contribution in [2.24, 2.45) is 5.73 Å². The van der Waals surface area contributed by atoms with E-state index in [1.54, 1.807) is 12.4 Å². The second-order valence-electron chi connectivity index (χ2n) is 8.49. The summed E-state index contributed by atoms with van der Waals surface area (Å²) in [7, 11) is 0. The predicted octanol–water partition coefficient (Wildman–Crippen LogP) is 3.11. The average Bonchev–Trinajstić information content (AvgIpc) is 3.24. The highest BCUT2D eigenvalue weighted by atomic mass is 16.2. The van der Waals surface area contributed by atoms with Crippen LogP contribution in [0.3, 0.4) is 0 Å². The number of piperidine rings is 1. The molecule has 0 atom stereocenters. The largest absolute Gasteiger partial charge is 0.384 e. The maximum Gasteiger partial charge on any atom is 0.243 e. The minimum Gasteiger partial charge on any atom is -0.384 e. The molecule has 2 heterocycles. The van der Waals surface area contributed by atoms with Gasteiger partial charge in [-0.15, -0.1) is 0 Å². The van der Waals surface area contributed by atoms with Crippen molar-refractivity contribution in [2.45, 2.75) is 32.2 Å². The molecule has 1 aromatic heterocycles. The predicted molar refractivity (Wildman–Crippen MR) is 132 cm³/mol. The number of benzene rings is 2. The van der Waals surface area contributed by atoms with Crippen LogP contribution in [0, 0.1) is 12.3 Å². The van der Waals surface area contributed by atoms with Gasteiger partial charge in [0.15, 0.2) is 0 Å². The first kappa shape index (κ1) is 22.5. The molecule has 1 saturated heterocycles. The molecule has 0 spiro atoms. The van der Waals surface area contributed by atoms with Gasteiger partial charge in [0.1, 0.15) is 5.84 Å². The Labute approximate surface area is 194 Å². The fraction of sp³-hybridized carbons (Fsp3) is 0.320. The molecule has 172 valence electrons. The van der Waals surface area contributed by atoms with Crippen LogP contribution in [0.1, 0.15) is 41.3 Å². The number of hydrogen-bond acceptors (Lipinski definition) is 5. The average molecular weight is 446 g/mol. The summed E-state index contributed by atoms with van der Waals surface area (Å²) in [5.74, 6) is 0.453. The van der Waals surface area contributed by atoms with E-state index >= 15 is 0 Å². The molecule has 0 unspecified atom stereocenters. The summed E-state index contributed by atoms with van der Waals surface area (Å²) in [6.07, 6.45) is 3.94. The number of aryl methyl sites for hydroxylation is 1. The number of aromatic amines is 1. The molecule has 6 N–H and O–H groups in total. The highest BCUT2D eigenvalue weighted by molar-refractivity contribution is 5.97. The van der Waals surface area contributed by atoms with E-state index in [2.05, 4.69) is 32.7 Å². The van der Waals surface area contributed by atoms with E-state index in [0.717, 1.165) is 48.7 Å². The van der Waals surface area contributed by atoms with E-state index in [0.29, 0.717) is 18.0 Å². The number of aromatic nitrogens is 2. The number of nitrogen functional groups attached to an aromatic ring is 1. The zero-order valence-electron chi connectivity index (χ0n) is 18.9. The highest BCUT2D eigenvalue weighted by Gasteiger charge is 2.17. The normalized spacial score (nSPS) is 14.1. The first-order chi connectivity index (χ1) is 16.0. The molecule has 1 amide bonds. The third-order valence-electron chi connectivity index (χ3n) is 6.14. The Hall–Kier alpha value is -3.65. The summed E-state index contributed by atoms with van der Waals surface area (Å²) in [4.78, 5) is 22.4. The molecule has 8 nitrogen and oxygen atoms in total. The molecule has 3 aromatic rings. The Morgan fingerprint density at radius 3 is 2.64 bits per heavy atom. The van der Waals surface area contributed by atoms with Gasteiger partial charge in [0, 0.05) is 22.6 Å². The van der Waals surface area contributed by atoms with Crippen molar-refractivity contribution >= 4 is 23.1 Å². The molecule has 4 rings (SSSR count). The van der Waals surface area contributed by atoms with Crippen LogP contribution in [0.2, 0.25) is 0 Å². The number of H-pyrrole nitrogens is 1. The Morgan fingerprint density at radius 2 is 1.97 bits per heavy atom. The topological polar surface area (TPSA) is 123 Å². The third kappa shape index (κ3) is 5.78. The van der Waals surface area contributed by atoms with Crippen LogP contribution in [0.5, 0.6) is 0 Å². The monoisotopic (exact) mass is 445 g/mol. The van der Waals surface area contributed by atoms with Gasteiger partial charge >= 0.3 is 0 Å². The van der Waals surface area contributed by atoms with E-state index in [4.69, 9.17) is 11.1 Å². The summed E-state index contributed by atoms with van der Waals surface area (Å²) in [6, 6.07) is 15.6. The number of carbonyl (C=O) groups is 1. The number of imidazole rings is 1. The molecule has 0 aliphatic carbocycles. The number of hydrogen-bond donors (Lipinski definition) is 5. The standard InChI is InChI=1S/C25H31N7O/c1-17-23(30-16-29-17)14-32(22-4-2-3-20(13-22)25(26)27)15-24(33)31-21-7-5-18(6-8-21)19-9-11-28-12-10-19/h2-8,13,16,19,28H,9-12,14-15H2,1H3,(H3,26,27)(H,29,30)(H,31,33). The first-order valence-corrected chi connectivity index (χ1v) is 11.3.